The first kappa shape index (κ1) is 17.9. The van der Waals surface area contributed by atoms with Gasteiger partial charge in [0.05, 0.1) is 35.9 Å². The largest absolute Gasteiger partial charge is 0.441 e. The quantitative estimate of drug-likeness (QED) is 0.852. The van der Waals surface area contributed by atoms with Crippen molar-refractivity contribution in [3.05, 3.63) is 40.7 Å². The summed E-state index contributed by atoms with van der Waals surface area (Å²) >= 11 is 6.17. The van der Waals surface area contributed by atoms with E-state index in [1.807, 2.05) is 25.1 Å². The summed E-state index contributed by atoms with van der Waals surface area (Å²) in [5, 5.41) is 3.42. The van der Waals surface area contributed by atoms with Crippen LogP contribution in [0.25, 0.3) is 11.5 Å². The molecule has 1 aromatic carbocycles. The number of benzene rings is 1. The smallest absolute Gasteiger partial charge is 0.228 e. The molecule has 2 heterocycles. The average Bonchev–Trinajstić information content (AvgIpc) is 3.15. The van der Waals surface area contributed by atoms with Crippen LogP contribution >= 0.6 is 11.6 Å². The van der Waals surface area contributed by atoms with Gasteiger partial charge in [0.1, 0.15) is 5.76 Å². The van der Waals surface area contributed by atoms with E-state index in [0.29, 0.717) is 54.1 Å². The van der Waals surface area contributed by atoms with E-state index in [2.05, 4.69) is 10.3 Å². The summed E-state index contributed by atoms with van der Waals surface area (Å²) in [6.45, 7) is 5.32. The third-order valence-electron chi connectivity index (χ3n) is 4.12. The van der Waals surface area contributed by atoms with Crippen molar-refractivity contribution in [3.63, 3.8) is 0 Å². The molecule has 6 nitrogen and oxygen atoms in total. The number of carbonyl (C=O) groups excluding carboxylic acids is 1. The lowest BCUT2D eigenvalue weighted by molar-refractivity contribution is -0.146. The normalized spacial score (nSPS) is 16.1. The molecule has 0 saturated carbocycles. The third kappa shape index (κ3) is 4.39. The van der Waals surface area contributed by atoms with Crippen LogP contribution in [-0.2, 0) is 20.7 Å². The lowest BCUT2D eigenvalue weighted by Gasteiger charge is -2.22. The summed E-state index contributed by atoms with van der Waals surface area (Å²) in [5.74, 6) is 0.309. The first-order valence-corrected chi connectivity index (χ1v) is 8.60. The number of aryl methyl sites for hydroxylation is 1. The fourth-order valence-corrected chi connectivity index (χ4v) is 2.90. The maximum absolute atomic E-state index is 12.2. The highest BCUT2D eigenvalue weighted by atomic mass is 35.5. The van der Waals surface area contributed by atoms with Crippen LogP contribution in [0.2, 0.25) is 5.02 Å². The number of oxazole rings is 1. The Hall–Kier alpha value is -1.89. The van der Waals surface area contributed by atoms with Gasteiger partial charge in [-0.1, -0.05) is 23.7 Å². The van der Waals surface area contributed by atoms with Gasteiger partial charge in [-0.15, -0.1) is 0 Å². The third-order valence-corrected chi connectivity index (χ3v) is 4.45. The van der Waals surface area contributed by atoms with Crippen LogP contribution in [0.3, 0.4) is 0 Å². The van der Waals surface area contributed by atoms with Crippen molar-refractivity contribution in [3.8, 4) is 11.5 Å². The molecule has 0 spiro atoms. The van der Waals surface area contributed by atoms with Gasteiger partial charge in [0, 0.05) is 13.0 Å². The van der Waals surface area contributed by atoms with E-state index in [4.69, 9.17) is 25.5 Å². The van der Waals surface area contributed by atoms with Crippen LogP contribution in [0.1, 0.15) is 24.8 Å². The van der Waals surface area contributed by atoms with E-state index in [0.717, 1.165) is 0 Å². The zero-order chi connectivity index (χ0) is 17.9. The molecule has 134 valence electrons. The van der Waals surface area contributed by atoms with Gasteiger partial charge < -0.3 is 19.2 Å². The number of carbonyl (C=O) groups is 1. The molecule has 0 radical (unpaired) electrons. The van der Waals surface area contributed by atoms with E-state index in [-0.39, 0.29) is 12.3 Å². The van der Waals surface area contributed by atoms with Crippen molar-refractivity contribution >= 4 is 17.5 Å². The zero-order valence-electron chi connectivity index (χ0n) is 14.3. The van der Waals surface area contributed by atoms with Crippen LogP contribution in [-0.4, -0.2) is 36.4 Å². The Bertz CT molecular complexity index is 753. The molecule has 1 amide bonds. The molecule has 0 unspecified atom stereocenters. The van der Waals surface area contributed by atoms with Gasteiger partial charge in [-0.3, -0.25) is 4.79 Å². The Morgan fingerprint density at radius 3 is 2.76 bits per heavy atom. The van der Waals surface area contributed by atoms with Gasteiger partial charge in [-0.25, -0.2) is 4.98 Å². The van der Waals surface area contributed by atoms with E-state index < -0.39 is 5.79 Å². The number of ether oxygens (including phenoxy) is 2. The summed E-state index contributed by atoms with van der Waals surface area (Å²) in [5.41, 5.74) is 1.31. The second-order valence-corrected chi connectivity index (χ2v) is 6.52. The van der Waals surface area contributed by atoms with Crippen molar-refractivity contribution in [1.29, 1.82) is 0 Å². The maximum Gasteiger partial charge on any atom is 0.228 e. The predicted molar refractivity (Wildman–Crippen MR) is 93.3 cm³/mol. The van der Waals surface area contributed by atoms with Crippen LogP contribution in [0, 0.1) is 6.92 Å². The molecule has 0 aliphatic carbocycles. The van der Waals surface area contributed by atoms with Crippen molar-refractivity contribution in [2.45, 2.75) is 32.5 Å². The van der Waals surface area contributed by atoms with Gasteiger partial charge >= 0.3 is 0 Å². The van der Waals surface area contributed by atoms with E-state index in [1.54, 1.807) is 13.0 Å². The number of halogens is 1. The Morgan fingerprint density at radius 1 is 1.32 bits per heavy atom. The van der Waals surface area contributed by atoms with Crippen molar-refractivity contribution in [2.75, 3.05) is 19.8 Å². The first-order chi connectivity index (χ1) is 12.0. The summed E-state index contributed by atoms with van der Waals surface area (Å²) in [6.07, 6.45) is 0.750. The number of amides is 1. The van der Waals surface area contributed by atoms with Crippen LogP contribution in [0.5, 0.6) is 0 Å². The fourth-order valence-electron chi connectivity index (χ4n) is 2.69. The molecule has 1 aliphatic heterocycles. The highest BCUT2D eigenvalue weighted by Crippen LogP contribution is 2.28. The molecule has 1 aromatic heterocycles. The molecule has 1 saturated heterocycles. The minimum Gasteiger partial charge on any atom is -0.441 e. The van der Waals surface area contributed by atoms with E-state index in [9.17, 15) is 4.79 Å². The molecular formula is C18H21ClN2O4. The molecule has 3 rings (SSSR count). The summed E-state index contributed by atoms with van der Waals surface area (Å²) in [6, 6.07) is 7.31. The fraction of sp³-hybridized carbons (Fsp3) is 0.444. The number of hydrogen-bond donors (Lipinski definition) is 1. The Labute approximate surface area is 151 Å². The molecule has 2 aromatic rings. The second kappa shape index (κ2) is 7.56. The summed E-state index contributed by atoms with van der Waals surface area (Å²) in [4.78, 5) is 16.6. The number of rotatable bonds is 6. The van der Waals surface area contributed by atoms with Gasteiger partial charge in [0.25, 0.3) is 0 Å². The lowest BCUT2D eigenvalue weighted by atomic mass is 10.2. The first-order valence-electron chi connectivity index (χ1n) is 8.23. The molecule has 0 atom stereocenters. The van der Waals surface area contributed by atoms with Gasteiger partial charge in [0.15, 0.2) is 5.79 Å². The van der Waals surface area contributed by atoms with E-state index >= 15 is 0 Å². The Morgan fingerprint density at radius 2 is 2.04 bits per heavy atom. The minimum atomic E-state index is -0.603. The number of hydrogen-bond acceptors (Lipinski definition) is 5. The number of aromatic nitrogens is 1. The van der Waals surface area contributed by atoms with Crippen molar-refractivity contribution in [1.82, 2.24) is 10.3 Å². The van der Waals surface area contributed by atoms with Crippen LogP contribution in [0.4, 0.5) is 0 Å². The Balaban J connectivity index is 1.57. The highest BCUT2D eigenvalue weighted by Gasteiger charge is 2.30. The SMILES string of the molecule is Cc1oc(-c2ccccc2Cl)nc1CC(=O)NCCC1(C)OCCO1. The monoisotopic (exact) mass is 364 g/mol. The predicted octanol–water partition coefficient (Wildman–Crippen LogP) is 3.12. The van der Waals surface area contributed by atoms with Gasteiger partial charge in [-0.2, -0.15) is 0 Å². The number of nitrogens with zero attached hydrogens (tertiary/aromatic N) is 1. The molecule has 1 N–H and O–H groups in total. The minimum absolute atomic E-state index is 0.122. The van der Waals surface area contributed by atoms with Gasteiger partial charge in [0.2, 0.25) is 11.8 Å². The topological polar surface area (TPSA) is 73.6 Å². The average molecular weight is 365 g/mol. The zero-order valence-corrected chi connectivity index (χ0v) is 15.1. The molecule has 1 fully saturated rings. The molecule has 0 bridgehead atoms. The molecular weight excluding hydrogens is 344 g/mol. The maximum atomic E-state index is 12.2. The highest BCUT2D eigenvalue weighted by molar-refractivity contribution is 6.33. The van der Waals surface area contributed by atoms with Gasteiger partial charge in [-0.05, 0) is 26.0 Å². The van der Waals surface area contributed by atoms with E-state index in [1.165, 1.54) is 0 Å². The molecule has 1 aliphatic rings. The standard InChI is InChI=1S/C18H21ClN2O4/c1-12-15(21-17(25-12)13-5-3-4-6-14(13)19)11-16(22)20-8-7-18(2)23-9-10-24-18/h3-6H,7-11H2,1-2H3,(H,20,22). The molecule has 25 heavy (non-hydrogen) atoms. The Kier molecular flexibility index (Phi) is 5.42. The van der Waals surface area contributed by atoms with Crippen LogP contribution < -0.4 is 5.32 Å². The molecule has 7 heteroatoms. The van der Waals surface area contributed by atoms with Crippen molar-refractivity contribution < 1.29 is 18.7 Å². The summed E-state index contributed by atoms with van der Waals surface area (Å²) < 4.78 is 16.7. The lowest BCUT2D eigenvalue weighted by Crippen LogP contribution is -2.34. The van der Waals surface area contributed by atoms with Crippen LogP contribution in [0.15, 0.2) is 28.7 Å². The van der Waals surface area contributed by atoms with Crippen molar-refractivity contribution in [2.24, 2.45) is 0 Å². The number of nitrogens with one attached hydrogen (secondary N) is 1. The summed E-state index contributed by atoms with van der Waals surface area (Å²) in [7, 11) is 0. The second-order valence-electron chi connectivity index (χ2n) is 6.11.